The first-order valence-corrected chi connectivity index (χ1v) is 7.93. The van der Waals surface area contributed by atoms with Gasteiger partial charge in [-0.15, -0.1) is 0 Å². The molecule has 1 saturated carbocycles. The Hall–Kier alpha value is -2.64. The maximum Gasteiger partial charge on any atom is 0.321 e. The molecule has 0 bridgehead atoms. The van der Waals surface area contributed by atoms with E-state index in [0.29, 0.717) is 5.92 Å². The van der Waals surface area contributed by atoms with Gasteiger partial charge in [0.2, 0.25) is 0 Å². The van der Waals surface area contributed by atoms with Gasteiger partial charge in [0.05, 0.1) is 11.0 Å². The molecule has 0 aliphatic heterocycles. The van der Waals surface area contributed by atoms with Crippen molar-refractivity contribution in [3.63, 3.8) is 0 Å². The minimum absolute atomic E-state index is 0.0734. The molecule has 0 saturated heterocycles. The van der Waals surface area contributed by atoms with Gasteiger partial charge in [-0.1, -0.05) is 25.8 Å². The fraction of sp³-hybridized carbons (Fsp3) is 0.500. The zero-order valence-corrected chi connectivity index (χ0v) is 13.5. The maximum atomic E-state index is 11.8. The average Bonchev–Trinajstić information content (AvgIpc) is 2.55. The Morgan fingerprint density at radius 2 is 2.08 bits per heavy atom. The smallest absolute Gasteiger partial charge is 0.321 e. The normalized spacial score (nSPS) is 20.0. The predicted molar refractivity (Wildman–Crippen MR) is 86.7 cm³/mol. The Bertz CT molecular complexity index is 619. The highest BCUT2D eigenvalue weighted by molar-refractivity contribution is 5.95. The quantitative estimate of drug-likeness (QED) is 0.634. The number of imide groups is 1. The third kappa shape index (κ3) is 5.22. The Kier molecular flexibility index (Phi) is 6.11. The van der Waals surface area contributed by atoms with Crippen LogP contribution in [0.4, 0.5) is 10.5 Å². The summed E-state index contributed by atoms with van der Waals surface area (Å²) in [5.41, 5.74) is -0.128. The summed E-state index contributed by atoms with van der Waals surface area (Å²) in [5, 5.41) is 15.7. The van der Waals surface area contributed by atoms with Crippen molar-refractivity contribution in [2.45, 2.75) is 38.6 Å². The van der Waals surface area contributed by atoms with E-state index >= 15 is 0 Å². The van der Waals surface area contributed by atoms with Gasteiger partial charge in [-0.2, -0.15) is 0 Å². The van der Waals surface area contributed by atoms with Gasteiger partial charge in [-0.3, -0.25) is 20.2 Å². The minimum atomic E-state index is -0.609. The summed E-state index contributed by atoms with van der Waals surface area (Å²) in [5.74, 6) is -0.0242. The van der Waals surface area contributed by atoms with Gasteiger partial charge in [-0.05, 0) is 24.8 Å². The molecule has 2 rings (SSSR count). The Morgan fingerprint density at radius 1 is 1.33 bits per heavy atom. The van der Waals surface area contributed by atoms with Crippen LogP contribution in [-0.4, -0.2) is 29.5 Å². The van der Waals surface area contributed by atoms with Crippen LogP contribution in [0.2, 0.25) is 0 Å². The molecule has 1 aromatic carbocycles. The molecule has 1 aromatic rings. The summed E-state index contributed by atoms with van der Waals surface area (Å²) in [4.78, 5) is 33.7. The van der Waals surface area contributed by atoms with E-state index in [0.717, 1.165) is 25.7 Å². The summed E-state index contributed by atoms with van der Waals surface area (Å²) in [7, 11) is 0. The van der Waals surface area contributed by atoms with Crippen LogP contribution in [-0.2, 0) is 4.79 Å². The SMILES string of the molecule is C[C@@H]1CCCC[C@@H]1NC(=O)NC(=O)COc1cccc([N+](=O)[O-])c1. The first-order valence-electron chi connectivity index (χ1n) is 7.93. The Labute approximate surface area is 139 Å². The number of ether oxygens (including phenoxy) is 1. The van der Waals surface area contributed by atoms with Crippen molar-refractivity contribution >= 4 is 17.6 Å². The fourth-order valence-electron chi connectivity index (χ4n) is 2.73. The molecule has 1 fully saturated rings. The number of nitrogens with one attached hydrogen (secondary N) is 2. The molecule has 0 radical (unpaired) electrons. The van der Waals surface area contributed by atoms with Crippen molar-refractivity contribution in [2.75, 3.05) is 6.61 Å². The molecule has 0 heterocycles. The van der Waals surface area contributed by atoms with Gasteiger partial charge in [0.25, 0.3) is 11.6 Å². The highest BCUT2D eigenvalue weighted by Gasteiger charge is 2.23. The van der Waals surface area contributed by atoms with Crippen molar-refractivity contribution in [1.29, 1.82) is 0 Å². The molecular weight excluding hydrogens is 314 g/mol. The second kappa shape index (κ2) is 8.28. The number of hydrogen-bond donors (Lipinski definition) is 2. The molecule has 1 aliphatic rings. The molecule has 0 aromatic heterocycles. The number of amides is 3. The summed E-state index contributed by atoms with van der Waals surface area (Å²) >= 11 is 0. The van der Waals surface area contributed by atoms with E-state index < -0.39 is 23.5 Å². The van der Waals surface area contributed by atoms with Crippen molar-refractivity contribution in [1.82, 2.24) is 10.6 Å². The molecule has 130 valence electrons. The van der Waals surface area contributed by atoms with Crippen LogP contribution < -0.4 is 15.4 Å². The molecule has 3 amide bonds. The molecule has 0 spiro atoms. The van der Waals surface area contributed by atoms with Crippen LogP contribution in [0, 0.1) is 16.0 Å². The number of rotatable bonds is 5. The average molecular weight is 335 g/mol. The van der Waals surface area contributed by atoms with E-state index in [1.54, 1.807) is 0 Å². The number of hydrogen-bond acceptors (Lipinski definition) is 5. The molecule has 2 N–H and O–H groups in total. The number of benzene rings is 1. The maximum absolute atomic E-state index is 11.8. The predicted octanol–water partition coefficient (Wildman–Crippen LogP) is 2.38. The van der Waals surface area contributed by atoms with E-state index in [1.165, 1.54) is 24.3 Å². The lowest BCUT2D eigenvalue weighted by atomic mass is 9.86. The van der Waals surface area contributed by atoms with E-state index in [1.807, 2.05) is 0 Å². The minimum Gasteiger partial charge on any atom is -0.484 e. The topological polar surface area (TPSA) is 111 Å². The van der Waals surface area contributed by atoms with Gasteiger partial charge in [-0.25, -0.2) is 4.79 Å². The number of urea groups is 1. The zero-order valence-electron chi connectivity index (χ0n) is 13.5. The lowest BCUT2D eigenvalue weighted by Gasteiger charge is -2.29. The van der Waals surface area contributed by atoms with Crippen LogP contribution in [0.25, 0.3) is 0 Å². The number of nitrogens with zero attached hydrogens (tertiary/aromatic N) is 1. The van der Waals surface area contributed by atoms with Crippen LogP contribution in [0.15, 0.2) is 24.3 Å². The van der Waals surface area contributed by atoms with E-state index in [-0.39, 0.29) is 17.5 Å². The molecule has 8 nitrogen and oxygen atoms in total. The zero-order chi connectivity index (χ0) is 17.5. The summed E-state index contributed by atoms with van der Waals surface area (Å²) < 4.78 is 5.17. The van der Waals surface area contributed by atoms with Crippen molar-refractivity contribution < 1.29 is 19.2 Å². The van der Waals surface area contributed by atoms with Crippen LogP contribution >= 0.6 is 0 Å². The second-order valence-corrected chi connectivity index (χ2v) is 5.93. The van der Waals surface area contributed by atoms with Crippen molar-refractivity contribution in [3.05, 3.63) is 34.4 Å². The van der Waals surface area contributed by atoms with Gasteiger partial charge < -0.3 is 10.1 Å². The van der Waals surface area contributed by atoms with E-state index in [4.69, 9.17) is 4.74 Å². The molecule has 1 aliphatic carbocycles. The third-order valence-corrected chi connectivity index (χ3v) is 4.08. The second-order valence-electron chi connectivity index (χ2n) is 5.93. The molecule has 8 heteroatoms. The number of nitro benzene ring substituents is 1. The first-order chi connectivity index (χ1) is 11.5. The lowest BCUT2D eigenvalue weighted by Crippen LogP contribution is -2.48. The van der Waals surface area contributed by atoms with Crippen molar-refractivity contribution in [2.24, 2.45) is 5.92 Å². The lowest BCUT2D eigenvalue weighted by molar-refractivity contribution is -0.384. The summed E-state index contributed by atoms with van der Waals surface area (Å²) in [6.07, 6.45) is 4.21. The highest BCUT2D eigenvalue weighted by Crippen LogP contribution is 2.23. The van der Waals surface area contributed by atoms with Gasteiger partial charge >= 0.3 is 6.03 Å². The van der Waals surface area contributed by atoms with Crippen LogP contribution in [0.5, 0.6) is 5.75 Å². The van der Waals surface area contributed by atoms with Crippen LogP contribution in [0.3, 0.4) is 0 Å². The van der Waals surface area contributed by atoms with Gasteiger partial charge in [0, 0.05) is 12.1 Å². The van der Waals surface area contributed by atoms with E-state index in [9.17, 15) is 19.7 Å². The monoisotopic (exact) mass is 335 g/mol. The highest BCUT2D eigenvalue weighted by atomic mass is 16.6. The fourth-order valence-corrected chi connectivity index (χ4v) is 2.73. The standard InChI is InChI=1S/C16H21N3O5/c1-11-5-2-3-8-14(11)17-16(21)18-15(20)10-24-13-7-4-6-12(9-13)19(22)23/h4,6-7,9,11,14H,2-3,5,8,10H2,1H3,(H2,17,18,20,21)/t11-,14+/m1/s1. The number of non-ortho nitro benzene ring substituents is 1. The molecule has 24 heavy (non-hydrogen) atoms. The van der Waals surface area contributed by atoms with Gasteiger partial charge in [0.15, 0.2) is 6.61 Å². The van der Waals surface area contributed by atoms with Crippen molar-refractivity contribution in [3.8, 4) is 5.75 Å². The third-order valence-electron chi connectivity index (χ3n) is 4.08. The molecule has 2 atom stereocenters. The summed E-state index contributed by atoms with van der Waals surface area (Å²) in [6.45, 7) is 1.69. The summed E-state index contributed by atoms with van der Waals surface area (Å²) in [6, 6.07) is 5.04. The largest absolute Gasteiger partial charge is 0.484 e. The van der Waals surface area contributed by atoms with Gasteiger partial charge in [0.1, 0.15) is 5.75 Å². The number of carbonyl (C=O) groups is 2. The van der Waals surface area contributed by atoms with E-state index in [2.05, 4.69) is 17.6 Å². The number of nitro groups is 1. The number of carbonyl (C=O) groups excluding carboxylic acids is 2. The molecular formula is C16H21N3O5. The Balaban J connectivity index is 1.77. The first kappa shape index (κ1) is 17.7. The molecule has 0 unspecified atom stereocenters. The van der Waals surface area contributed by atoms with Crippen LogP contribution in [0.1, 0.15) is 32.6 Å². The Morgan fingerprint density at radius 3 is 2.79 bits per heavy atom.